The third-order valence-electron chi connectivity index (χ3n) is 4.13. The van der Waals surface area contributed by atoms with Gasteiger partial charge in [-0.2, -0.15) is 0 Å². The van der Waals surface area contributed by atoms with Crippen LogP contribution in [0, 0.1) is 5.92 Å². The summed E-state index contributed by atoms with van der Waals surface area (Å²) in [6, 6.07) is 8.30. The third kappa shape index (κ3) is 1.61. The molecule has 0 saturated heterocycles. The van der Waals surface area contributed by atoms with Crippen LogP contribution in [0.1, 0.15) is 24.8 Å². The minimum Gasteiger partial charge on any atom is -0.496 e. The maximum atomic E-state index is 5.35. The van der Waals surface area contributed by atoms with Crippen LogP contribution in [0.5, 0.6) is 5.75 Å². The summed E-state index contributed by atoms with van der Waals surface area (Å²) in [6.07, 6.45) is 5.31. The van der Waals surface area contributed by atoms with Crippen molar-refractivity contribution in [3.05, 3.63) is 29.8 Å². The Hall–Kier alpha value is -1.02. The molecule has 3 saturated carbocycles. The van der Waals surface area contributed by atoms with E-state index in [4.69, 9.17) is 4.74 Å². The predicted octanol–water partition coefficient (Wildman–Crippen LogP) is 2.38. The Kier molecular flexibility index (Phi) is 2.40. The fourth-order valence-corrected chi connectivity index (χ4v) is 3.07. The topological polar surface area (TPSA) is 21.3 Å². The van der Waals surface area contributed by atoms with Gasteiger partial charge in [0, 0.05) is 5.54 Å². The summed E-state index contributed by atoms with van der Waals surface area (Å²) in [7, 11) is 1.74. The summed E-state index contributed by atoms with van der Waals surface area (Å²) in [5.74, 6) is 2.07. The summed E-state index contributed by atoms with van der Waals surface area (Å²) in [6.45, 7) is 1.08. The standard InChI is InChI=1S/C14H19NO/c1-16-13-5-3-2-4-12(13)6-7-15-14-8-11(9-14)10-14/h2-5,11,15H,6-10H2,1H3. The Morgan fingerprint density at radius 1 is 1.31 bits per heavy atom. The van der Waals surface area contributed by atoms with Crippen LogP contribution in [-0.2, 0) is 6.42 Å². The summed E-state index contributed by atoms with van der Waals surface area (Å²) in [4.78, 5) is 0. The first-order valence-corrected chi connectivity index (χ1v) is 6.18. The maximum Gasteiger partial charge on any atom is 0.122 e. The van der Waals surface area contributed by atoms with Gasteiger partial charge in [0.25, 0.3) is 0 Å². The second kappa shape index (κ2) is 3.77. The van der Waals surface area contributed by atoms with Crippen molar-refractivity contribution in [3.8, 4) is 5.75 Å². The number of rotatable bonds is 5. The predicted molar refractivity (Wildman–Crippen MR) is 64.8 cm³/mol. The van der Waals surface area contributed by atoms with E-state index in [2.05, 4.69) is 17.4 Å². The normalized spacial score (nSPS) is 30.4. The molecule has 3 aliphatic rings. The molecular weight excluding hydrogens is 198 g/mol. The number of hydrogen-bond donors (Lipinski definition) is 1. The molecule has 0 aromatic heterocycles. The van der Waals surface area contributed by atoms with Gasteiger partial charge < -0.3 is 10.1 Å². The molecule has 1 aromatic carbocycles. The molecule has 1 aromatic rings. The molecule has 2 bridgehead atoms. The van der Waals surface area contributed by atoms with Crippen molar-refractivity contribution in [2.75, 3.05) is 13.7 Å². The summed E-state index contributed by atoms with van der Waals surface area (Å²) < 4.78 is 5.35. The van der Waals surface area contributed by atoms with Crippen molar-refractivity contribution in [1.29, 1.82) is 0 Å². The Bertz CT molecular complexity index is 371. The first-order valence-electron chi connectivity index (χ1n) is 6.18. The molecule has 0 amide bonds. The average Bonchev–Trinajstić information content (AvgIpc) is 2.20. The molecular formula is C14H19NO. The first kappa shape index (κ1) is 10.2. The highest BCUT2D eigenvalue weighted by Gasteiger charge is 2.55. The number of nitrogens with one attached hydrogen (secondary N) is 1. The minimum atomic E-state index is 0.548. The highest BCUT2D eigenvalue weighted by molar-refractivity contribution is 5.33. The summed E-state index contributed by atoms with van der Waals surface area (Å²) in [5, 5.41) is 3.71. The summed E-state index contributed by atoms with van der Waals surface area (Å²) in [5.41, 5.74) is 1.86. The van der Waals surface area contributed by atoms with Gasteiger partial charge >= 0.3 is 0 Å². The lowest BCUT2D eigenvalue weighted by atomic mass is 9.50. The van der Waals surface area contributed by atoms with Gasteiger partial charge in [0.1, 0.15) is 5.75 Å². The third-order valence-corrected chi connectivity index (χ3v) is 4.13. The largest absolute Gasteiger partial charge is 0.496 e. The van der Waals surface area contributed by atoms with Crippen molar-refractivity contribution in [2.24, 2.45) is 5.92 Å². The van der Waals surface area contributed by atoms with Crippen molar-refractivity contribution in [1.82, 2.24) is 5.32 Å². The molecule has 16 heavy (non-hydrogen) atoms. The lowest BCUT2D eigenvalue weighted by Crippen LogP contribution is -2.67. The van der Waals surface area contributed by atoms with E-state index in [1.165, 1.54) is 24.8 Å². The van der Waals surface area contributed by atoms with Gasteiger partial charge in [-0.15, -0.1) is 0 Å². The molecule has 0 aliphatic heterocycles. The van der Waals surface area contributed by atoms with E-state index in [9.17, 15) is 0 Å². The average molecular weight is 217 g/mol. The van der Waals surface area contributed by atoms with Crippen molar-refractivity contribution in [2.45, 2.75) is 31.2 Å². The molecule has 1 N–H and O–H groups in total. The van der Waals surface area contributed by atoms with E-state index in [-0.39, 0.29) is 0 Å². The molecule has 0 spiro atoms. The molecule has 86 valence electrons. The molecule has 0 atom stereocenters. The SMILES string of the molecule is COc1ccccc1CCNC12CC(C1)C2. The van der Waals surface area contributed by atoms with E-state index in [0.717, 1.165) is 24.6 Å². The van der Waals surface area contributed by atoms with E-state index in [1.807, 2.05) is 12.1 Å². The quantitative estimate of drug-likeness (QED) is 0.817. The van der Waals surface area contributed by atoms with Crippen LogP contribution < -0.4 is 10.1 Å². The zero-order chi connectivity index (χ0) is 11.0. The van der Waals surface area contributed by atoms with Gasteiger partial charge in [-0.25, -0.2) is 0 Å². The van der Waals surface area contributed by atoms with Gasteiger partial charge in [-0.1, -0.05) is 18.2 Å². The molecule has 2 heteroatoms. The zero-order valence-electron chi connectivity index (χ0n) is 9.83. The van der Waals surface area contributed by atoms with Crippen LogP contribution in [-0.4, -0.2) is 19.2 Å². The van der Waals surface area contributed by atoms with Crippen LogP contribution in [0.2, 0.25) is 0 Å². The number of para-hydroxylation sites is 1. The molecule has 3 fully saturated rings. The van der Waals surface area contributed by atoms with Gasteiger partial charge in [0.15, 0.2) is 0 Å². The number of benzene rings is 1. The zero-order valence-corrected chi connectivity index (χ0v) is 9.83. The van der Waals surface area contributed by atoms with E-state index < -0.39 is 0 Å². The van der Waals surface area contributed by atoms with E-state index in [0.29, 0.717) is 5.54 Å². The Morgan fingerprint density at radius 3 is 2.69 bits per heavy atom. The highest BCUT2D eigenvalue weighted by Crippen LogP contribution is 2.56. The van der Waals surface area contributed by atoms with Crippen molar-refractivity contribution >= 4 is 0 Å². The van der Waals surface area contributed by atoms with Crippen LogP contribution in [0.4, 0.5) is 0 Å². The van der Waals surface area contributed by atoms with Gasteiger partial charge in [-0.3, -0.25) is 0 Å². The lowest BCUT2D eigenvalue weighted by molar-refractivity contribution is -0.0499. The van der Waals surface area contributed by atoms with Crippen molar-refractivity contribution < 1.29 is 4.74 Å². The molecule has 3 aliphatic carbocycles. The van der Waals surface area contributed by atoms with Crippen LogP contribution >= 0.6 is 0 Å². The lowest BCUT2D eigenvalue weighted by Gasteiger charge is -2.62. The van der Waals surface area contributed by atoms with Crippen LogP contribution in [0.25, 0.3) is 0 Å². The summed E-state index contributed by atoms with van der Waals surface area (Å²) >= 11 is 0. The van der Waals surface area contributed by atoms with Crippen LogP contribution in [0.3, 0.4) is 0 Å². The highest BCUT2D eigenvalue weighted by atomic mass is 16.5. The second-order valence-corrected chi connectivity index (χ2v) is 5.25. The maximum absolute atomic E-state index is 5.35. The number of ether oxygens (including phenoxy) is 1. The Labute approximate surface area is 97.0 Å². The molecule has 2 nitrogen and oxygen atoms in total. The Morgan fingerprint density at radius 2 is 2.06 bits per heavy atom. The number of hydrogen-bond acceptors (Lipinski definition) is 2. The van der Waals surface area contributed by atoms with Gasteiger partial charge in [0.05, 0.1) is 7.11 Å². The fraction of sp³-hybridized carbons (Fsp3) is 0.571. The van der Waals surface area contributed by atoms with Gasteiger partial charge in [0.2, 0.25) is 0 Å². The number of methoxy groups -OCH3 is 1. The fourth-order valence-electron chi connectivity index (χ4n) is 3.07. The Balaban J connectivity index is 1.53. The second-order valence-electron chi connectivity index (χ2n) is 5.25. The monoisotopic (exact) mass is 217 g/mol. The van der Waals surface area contributed by atoms with Crippen LogP contribution in [0.15, 0.2) is 24.3 Å². The first-order chi connectivity index (χ1) is 7.81. The molecule has 0 radical (unpaired) electrons. The van der Waals surface area contributed by atoms with Crippen molar-refractivity contribution in [3.63, 3.8) is 0 Å². The van der Waals surface area contributed by atoms with E-state index in [1.54, 1.807) is 7.11 Å². The van der Waals surface area contributed by atoms with Gasteiger partial charge in [-0.05, 0) is 49.8 Å². The molecule has 0 unspecified atom stereocenters. The smallest absolute Gasteiger partial charge is 0.122 e. The molecule has 0 heterocycles. The molecule has 4 rings (SSSR count). The van der Waals surface area contributed by atoms with E-state index >= 15 is 0 Å². The minimum absolute atomic E-state index is 0.548.